The first-order chi connectivity index (χ1) is 13.9. The summed E-state index contributed by atoms with van der Waals surface area (Å²) in [6, 6.07) is 10.6. The largest absolute Gasteiger partial charge is 0.741 e. The van der Waals surface area contributed by atoms with E-state index in [-0.39, 0.29) is 0 Å². The smallest absolute Gasteiger partial charge is 0.485 e. The summed E-state index contributed by atoms with van der Waals surface area (Å²) in [6.07, 6.45) is 0. The van der Waals surface area contributed by atoms with Gasteiger partial charge < -0.3 is 23.9 Å². The molecular formula is C17H16F3IO8S. The van der Waals surface area contributed by atoms with Crippen LogP contribution in [-0.4, -0.2) is 50.9 Å². The van der Waals surface area contributed by atoms with E-state index in [1.165, 1.54) is 0 Å². The van der Waals surface area contributed by atoms with Gasteiger partial charge in [-0.1, -0.05) is 12.1 Å². The average Bonchev–Trinajstić information content (AvgIpc) is 2.67. The number of hydrogen-bond acceptors (Lipinski definition) is 7. The molecule has 8 nitrogen and oxygen atoms in total. The van der Waals surface area contributed by atoms with Crippen LogP contribution in [0, 0.1) is 7.14 Å². The van der Waals surface area contributed by atoms with E-state index in [0.717, 1.165) is 7.14 Å². The molecule has 0 saturated carbocycles. The molecule has 1 N–H and O–H groups in total. The molecule has 2 aromatic carbocycles. The van der Waals surface area contributed by atoms with E-state index >= 15 is 0 Å². The summed E-state index contributed by atoms with van der Waals surface area (Å²) in [7, 11) is -1.37. The van der Waals surface area contributed by atoms with E-state index in [9.17, 15) is 23.1 Å². The number of carbonyl (C=O) groups is 1. The second-order valence-corrected chi connectivity index (χ2v) is 9.28. The molecule has 0 unspecified atom stereocenters. The van der Waals surface area contributed by atoms with Gasteiger partial charge >= 0.3 is 32.7 Å². The predicted octanol–water partition coefficient (Wildman–Crippen LogP) is -0.410. The summed E-state index contributed by atoms with van der Waals surface area (Å²) < 4.78 is 76.7. The van der Waals surface area contributed by atoms with Crippen molar-refractivity contribution in [3.8, 4) is 17.2 Å². The Morgan fingerprint density at radius 1 is 1.03 bits per heavy atom. The minimum atomic E-state index is -6.09. The van der Waals surface area contributed by atoms with Crippen molar-refractivity contribution in [2.24, 2.45) is 0 Å². The summed E-state index contributed by atoms with van der Waals surface area (Å²) in [5.74, 6) is 0.989. The van der Waals surface area contributed by atoms with Crippen LogP contribution in [0.15, 0.2) is 36.4 Å². The van der Waals surface area contributed by atoms with Gasteiger partial charge in [-0.2, -0.15) is 13.2 Å². The summed E-state index contributed by atoms with van der Waals surface area (Å²) in [4.78, 5) is 11.4. The highest BCUT2D eigenvalue weighted by Gasteiger charge is 2.37. The van der Waals surface area contributed by atoms with E-state index in [4.69, 9.17) is 27.2 Å². The Morgan fingerprint density at radius 3 is 1.87 bits per heavy atom. The van der Waals surface area contributed by atoms with Crippen LogP contribution >= 0.6 is 0 Å². The minimum Gasteiger partial charge on any atom is -0.741 e. The molecule has 0 aliphatic rings. The molecule has 0 spiro atoms. The van der Waals surface area contributed by atoms with Crippen LogP contribution in [0.25, 0.3) is 0 Å². The number of aromatic carboxylic acids is 1. The van der Waals surface area contributed by atoms with Crippen LogP contribution < -0.4 is 35.4 Å². The Balaban J connectivity index is 0.000000479. The van der Waals surface area contributed by atoms with Crippen molar-refractivity contribution in [3.05, 3.63) is 49.1 Å². The number of carboxylic acid groups (broad SMARTS) is 1. The van der Waals surface area contributed by atoms with Crippen LogP contribution in [-0.2, 0) is 10.1 Å². The minimum absolute atomic E-state index is 0.315. The van der Waals surface area contributed by atoms with Gasteiger partial charge in [0.05, 0.1) is 21.3 Å². The van der Waals surface area contributed by atoms with Crippen molar-refractivity contribution < 1.29 is 71.5 Å². The van der Waals surface area contributed by atoms with Crippen molar-refractivity contribution >= 4 is 16.1 Å². The Morgan fingerprint density at radius 2 is 1.50 bits per heavy atom. The summed E-state index contributed by atoms with van der Waals surface area (Å²) in [6.45, 7) is 0. The van der Waals surface area contributed by atoms with Crippen LogP contribution in [0.2, 0.25) is 0 Å². The molecule has 0 heterocycles. The highest BCUT2D eigenvalue weighted by Crippen LogP contribution is 2.27. The number of halogens is 4. The molecule has 13 heteroatoms. The lowest BCUT2D eigenvalue weighted by molar-refractivity contribution is -0.599. The first-order valence-corrected chi connectivity index (χ1v) is 11.2. The number of hydrogen-bond donors (Lipinski definition) is 1. The fraction of sp³-hybridized carbons (Fsp3) is 0.235. The third kappa shape index (κ3) is 6.91. The monoisotopic (exact) mass is 564 g/mol. The molecule has 2 rings (SSSR count). The maximum Gasteiger partial charge on any atom is 0.485 e. The molecule has 0 aromatic heterocycles. The summed E-state index contributed by atoms with van der Waals surface area (Å²) >= 11 is -0.787. The van der Waals surface area contributed by atoms with Crippen LogP contribution in [0.3, 0.4) is 0 Å². The molecule has 0 atom stereocenters. The van der Waals surface area contributed by atoms with Gasteiger partial charge in [0.15, 0.2) is 21.6 Å². The normalized spacial score (nSPS) is 11.2. The summed E-state index contributed by atoms with van der Waals surface area (Å²) in [5.41, 5.74) is -5.33. The van der Waals surface area contributed by atoms with Crippen molar-refractivity contribution in [1.29, 1.82) is 0 Å². The number of rotatable bonds is 6. The Bertz CT molecular complexity index is 968. The zero-order chi connectivity index (χ0) is 23.1. The molecule has 0 saturated heterocycles. The van der Waals surface area contributed by atoms with Gasteiger partial charge in [0.2, 0.25) is 3.57 Å². The number of methoxy groups -OCH3 is 3. The van der Waals surface area contributed by atoms with Crippen LogP contribution in [0.1, 0.15) is 10.4 Å². The highest BCUT2D eigenvalue weighted by atomic mass is 127. The van der Waals surface area contributed by atoms with Crippen molar-refractivity contribution in [1.82, 2.24) is 0 Å². The van der Waals surface area contributed by atoms with Crippen LogP contribution in [0.4, 0.5) is 13.2 Å². The second kappa shape index (κ2) is 10.7. The first kappa shape index (κ1) is 25.8. The molecule has 0 aliphatic carbocycles. The third-order valence-electron chi connectivity index (χ3n) is 3.24. The van der Waals surface area contributed by atoms with Crippen molar-refractivity contribution in [2.45, 2.75) is 5.51 Å². The molecule has 0 aliphatic heterocycles. The van der Waals surface area contributed by atoms with E-state index < -0.39 is 42.8 Å². The first-order valence-electron chi connectivity index (χ1n) is 7.65. The van der Waals surface area contributed by atoms with E-state index in [1.54, 1.807) is 45.6 Å². The second-order valence-electron chi connectivity index (χ2n) is 5.13. The molecule has 30 heavy (non-hydrogen) atoms. The molecule has 2 aromatic rings. The van der Waals surface area contributed by atoms with Crippen LogP contribution in [0.5, 0.6) is 17.2 Å². The maximum absolute atomic E-state index is 11.4. The zero-order valence-electron chi connectivity index (χ0n) is 15.7. The SMILES string of the molecule is COc1cc(OC)c([I+]c2ccccc2C(=O)O)c(OC)c1.O=S(=O)([O-])C(F)(F)F. The Kier molecular flexibility index (Phi) is 9.17. The molecular weight excluding hydrogens is 548 g/mol. The molecule has 0 amide bonds. The van der Waals surface area contributed by atoms with Gasteiger partial charge in [-0.05, 0) is 12.1 Å². The third-order valence-corrected chi connectivity index (χ3v) is 6.93. The lowest BCUT2D eigenvalue weighted by Crippen LogP contribution is -3.61. The Labute approximate surface area is 180 Å². The lowest BCUT2D eigenvalue weighted by atomic mass is 10.2. The quantitative estimate of drug-likeness (QED) is 0.286. The molecule has 0 radical (unpaired) electrons. The van der Waals surface area contributed by atoms with Gasteiger partial charge in [0.25, 0.3) is 3.57 Å². The van der Waals surface area contributed by atoms with E-state index in [2.05, 4.69) is 0 Å². The van der Waals surface area contributed by atoms with Gasteiger partial charge in [0, 0.05) is 12.1 Å². The molecule has 0 fully saturated rings. The van der Waals surface area contributed by atoms with E-state index in [1.807, 2.05) is 12.1 Å². The fourth-order valence-corrected chi connectivity index (χ4v) is 4.83. The number of carboxylic acids is 1. The van der Waals surface area contributed by atoms with E-state index in [0.29, 0.717) is 22.8 Å². The number of alkyl halides is 3. The maximum atomic E-state index is 11.4. The lowest BCUT2D eigenvalue weighted by Gasteiger charge is -2.08. The van der Waals surface area contributed by atoms with Gasteiger partial charge in [-0.3, -0.25) is 0 Å². The van der Waals surface area contributed by atoms with Gasteiger partial charge in [-0.25, -0.2) is 13.2 Å². The number of benzene rings is 2. The van der Waals surface area contributed by atoms with Gasteiger partial charge in [0.1, 0.15) is 11.3 Å². The van der Waals surface area contributed by atoms with Crippen molar-refractivity contribution in [2.75, 3.05) is 21.3 Å². The zero-order valence-corrected chi connectivity index (χ0v) is 18.7. The van der Waals surface area contributed by atoms with Gasteiger partial charge in [-0.15, -0.1) is 0 Å². The topological polar surface area (TPSA) is 122 Å². The standard InChI is InChI=1S/C16H15IO5.CHF3O3S/c1-20-10-8-13(21-2)15(14(9-10)22-3)17-12-7-5-4-6-11(12)16(18)19;2-1(3,4)8(5,6)7/h4-9H,1-3H3;(H,5,6,7). The number of ether oxygens (including phenoxy) is 3. The summed E-state index contributed by atoms with van der Waals surface area (Å²) in [5, 5.41) is 9.31. The molecule has 0 bridgehead atoms. The highest BCUT2D eigenvalue weighted by molar-refractivity contribution is 7.86. The fourth-order valence-electron chi connectivity index (χ4n) is 1.88. The van der Waals surface area contributed by atoms with Crippen molar-refractivity contribution in [3.63, 3.8) is 0 Å². The predicted molar refractivity (Wildman–Crippen MR) is 92.6 cm³/mol. The molecule has 166 valence electrons. The average molecular weight is 564 g/mol. The Hall–Kier alpha value is -2.26.